The SMILES string of the molecule is NC(=O)c1ccc(Cl)c(NCc2ccc(C3CC3)cc2)c1. The maximum Gasteiger partial charge on any atom is 0.248 e. The molecule has 0 radical (unpaired) electrons. The van der Waals surface area contributed by atoms with Crippen LogP contribution in [-0.2, 0) is 6.54 Å². The van der Waals surface area contributed by atoms with E-state index < -0.39 is 5.91 Å². The van der Waals surface area contributed by atoms with E-state index in [0.717, 1.165) is 11.6 Å². The fourth-order valence-corrected chi connectivity index (χ4v) is 2.52. The van der Waals surface area contributed by atoms with E-state index in [-0.39, 0.29) is 0 Å². The zero-order valence-corrected chi connectivity index (χ0v) is 12.4. The van der Waals surface area contributed by atoms with Crippen molar-refractivity contribution in [2.75, 3.05) is 5.32 Å². The molecule has 2 aromatic rings. The second-order valence-corrected chi connectivity index (χ2v) is 5.84. The summed E-state index contributed by atoms with van der Waals surface area (Å²) in [6.45, 7) is 0.660. The Morgan fingerprint density at radius 3 is 2.52 bits per heavy atom. The van der Waals surface area contributed by atoms with Gasteiger partial charge in [-0.15, -0.1) is 0 Å². The number of carbonyl (C=O) groups excluding carboxylic acids is 1. The molecular weight excluding hydrogens is 284 g/mol. The zero-order valence-electron chi connectivity index (χ0n) is 11.6. The Morgan fingerprint density at radius 1 is 1.19 bits per heavy atom. The monoisotopic (exact) mass is 300 g/mol. The first-order chi connectivity index (χ1) is 10.1. The van der Waals surface area contributed by atoms with Crippen molar-refractivity contribution in [2.45, 2.75) is 25.3 Å². The summed E-state index contributed by atoms with van der Waals surface area (Å²) >= 11 is 6.13. The Balaban J connectivity index is 1.68. The number of carbonyl (C=O) groups is 1. The van der Waals surface area contributed by atoms with E-state index in [1.807, 2.05) is 0 Å². The molecule has 1 amide bonds. The van der Waals surface area contributed by atoms with E-state index in [1.165, 1.54) is 24.0 Å². The predicted molar refractivity (Wildman–Crippen MR) is 85.7 cm³/mol. The number of nitrogens with two attached hydrogens (primary N) is 1. The topological polar surface area (TPSA) is 55.1 Å². The minimum absolute atomic E-state index is 0.450. The first-order valence-electron chi connectivity index (χ1n) is 7.05. The number of primary amides is 1. The molecular formula is C17H17ClN2O. The molecule has 0 spiro atoms. The van der Waals surface area contributed by atoms with Gasteiger partial charge in [-0.1, -0.05) is 35.9 Å². The highest BCUT2D eigenvalue weighted by Crippen LogP contribution is 2.39. The Kier molecular flexibility index (Phi) is 3.84. The molecule has 0 saturated heterocycles. The number of amides is 1. The van der Waals surface area contributed by atoms with Crippen molar-refractivity contribution in [3.63, 3.8) is 0 Å². The lowest BCUT2D eigenvalue weighted by Gasteiger charge is -2.10. The molecule has 0 atom stereocenters. The van der Waals surface area contributed by atoms with Crippen LogP contribution in [-0.4, -0.2) is 5.91 Å². The van der Waals surface area contributed by atoms with Crippen LogP contribution in [0.4, 0.5) is 5.69 Å². The molecule has 0 bridgehead atoms. The van der Waals surface area contributed by atoms with Gasteiger partial charge in [0.1, 0.15) is 0 Å². The number of hydrogen-bond acceptors (Lipinski definition) is 2. The van der Waals surface area contributed by atoms with Gasteiger partial charge in [0.05, 0.1) is 10.7 Å². The van der Waals surface area contributed by atoms with Crippen molar-refractivity contribution in [1.29, 1.82) is 0 Å². The van der Waals surface area contributed by atoms with Crippen LogP contribution >= 0.6 is 11.6 Å². The largest absolute Gasteiger partial charge is 0.380 e. The van der Waals surface area contributed by atoms with E-state index in [4.69, 9.17) is 17.3 Å². The van der Waals surface area contributed by atoms with E-state index >= 15 is 0 Å². The fourth-order valence-electron chi connectivity index (χ4n) is 2.34. The van der Waals surface area contributed by atoms with Crippen LogP contribution in [0.3, 0.4) is 0 Å². The molecule has 1 aliphatic carbocycles. The molecule has 4 heteroatoms. The van der Waals surface area contributed by atoms with E-state index in [9.17, 15) is 4.79 Å². The van der Waals surface area contributed by atoms with Gasteiger partial charge in [0.2, 0.25) is 5.91 Å². The zero-order chi connectivity index (χ0) is 14.8. The minimum Gasteiger partial charge on any atom is -0.380 e. The number of anilines is 1. The second kappa shape index (κ2) is 5.78. The number of halogens is 1. The number of benzene rings is 2. The van der Waals surface area contributed by atoms with Crippen LogP contribution in [0, 0.1) is 0 Å². The van der Waals surface area contributed by atoms with E-state index in [2.05, 4.69) is 29.6 Å². The molecule has 0 aliphatic heterocycles. The number of rotatable bonds is 5. The molecule has 0 heterocycles. The molecule has 1 fully saturated rings. The molecule has 21 heavy (non-hydrogen) atoms. The third-order valence-corrected chi connectivity index (χ3v) is 4.09. The lowest BCUT2D eigenvalue weighted by molar-refractivity contribution is 0.100. The summed E-state index contributed by atoms with van der Waals surface area (Å²) in [6, 6.07) is 13.6. The van der Waals surface area contributed by atoms with Gasteiger partial charge >= 0.3 is 0 Å². The van der Waals surface area contributed by atoms with E-state index in [0.29, 0.717) is 17.1 Å². The fraction of sp³-hybridized carbons (Fsp3) is 0.235. The summed E-state index contributed by atoms with van der Waals surface area (Å²) in [5.41, 5.74) is 9.06. The standard InChI is InChI=1S/C17H17ClN2O/c18-15-8-7-14(17(19)21)9-16(15)20-10-11-1-3-12(4-2-11)13-5-6-13/h1-4,7-9,13,20H,5-6,10H2,(H2,19,21). The Morgan fingerprint density at radius 2 is 1.90 bits per heavy atom. The molecule has 1 aliphatic rings. The van der Waals surface area contributed by atoms with Gasteiger partial charge in [-0.3, -0.25) is 4.79 Å². The Hall–Kier alpha value is -2.00. The Bertz CT molecular complexity index is 663. The highest BCUT2D eigenvalue weighted by atomic mass is 35.5. The van der Waals surface area contributed by atoms with Crippen LogP contribution in [0.1, 0.15) is 40.2 Å². The van der Waals surface area contributed by atoms with Crippen LogP contribution in [0.2, 0.25) is 5.02 Å². The van der Waals surface area contributed by atoms with Gasteiger partial charge < -0.3 is 11.1 Å². The Labute approximate surface area is 129 Å². The summed E-state index contributed by atoms with van der Waals surface area (Å²) in [7, 11) is 0. The van der Waals surface area contributed by atoms with Gasteiger partial charge in [0.25, 0.3) is 0 Å². The van der Waals surface area contributed by atoms with Crippen molar-refractivity contribution in [2.24, 2.45) is 5.73 Å². The highest BCUT2D eigenvalue weighted by molar-refractivity contribution is 6.33. The average Bonchev–Trinajstić information content (AvgIpc) is 3.31. The lowest BCUT2D eigenvalue weighted by Crippen LogP contribution is -2.11. The predicted octanol–water partition coefficient (Wildman–Crippen LogP) is 3.93. The summed E-state index contributed by atoms with van der Waals surface area (Å²) in [5.74, 6) is 0.317. The lowest BCUT2D eigenvalue weighted by atomic mass is 10.1. The van der Waals surface area contributed by atoms with Crippen molar-refractivity contribution in [3.05, 3.63) is 64.2 Å². The first-order valence-corrected chi connectivity index (χ1v) is 7.43. The van der Waals surface area contributed by atoms with Gasteiger partial charge in [0, 0.05) is 12.1 Å². The highest BCUT2D eigenvalue weighted by Gasteiger charge is 2.22. The first kappa shape index (κ1) is 14.0. The van der Waals surface area contributed by atoms with Crippen molar-refractivity contribution < 1.29 is 4.79 Å². The average molecular weight is 301 g/mol. The summed E-state index contributed by atoms with van der Waals surface area (Å²) in [5, 5.41) is 3.83. The molecule has 0 aromatic heterocycles. The summed E-state index contributed by atoms with van der Waals surface area (Å²) in [6.07, 6.45) is 2.63. The maximum absolute atomic E-state index is 11.2. The quantitative estimate of drug-likeness (QED) is 0.879. The minimum atomic E-state index is -0.455. The molecule has 2 aromatic carbocycles. The third kappa shape index (κ3) is 3.37. The number of hydrogen-bond donors (Lipinski definition) is 2. The molecule has 3 nitrogen and oxygen atoms in total. The van der Waals surface area contributed by atoms with Crippen molar-refractivity contribution in [1.82, 2.24) is 0 Å². The second-order valence-electron chi connectivity index (χ2n) is 5.43. The van der Waals surface area contributed by atoms with Gasteiger partial charge in [-0.05, 0) is 48.1 Å². The van der Waals surface area contributed by atoms with Crippen molar-refractivity contribution in [3.8, 4) is 0 Å². The summed E-state index contributed by atoms with van der Waals surface area (Å²) < 4.78 is 0. The van der Waals surface area contributed by atoms with Gasteiger partial charge in [-0.2, -0.15) is 0 Å². The normalized spacial score (nSPS) is 14.0. The number of nitrogens with one attached hydrogen (secondary N) is 1. The molecule has 0 unspecified atom stereocenters. The van der Waals surface area contributed by atoms with Crippen LogP contribution < -0.4 is 11.1 Å². The van der Waals surface area contributed by atoms with Crippen LogP contribution in [0.15, 0.2) is 42.5 Å². The maximum atomic E-state index is 11.2. The molecule has 3 N–H and O–H groups in total. The molecule has 108 valence electrons. The van der Waals surface area contributed by atoms with Crippen molar-refractivity contribution >= 4 is 23.2 Å². The van der Waals surface area contributed by atoms with E-state index in [1.54, 1.807) is 18.2 Å². The van der Waals surface area contributed by atoms with Gasteiger partial charge in [0.15, 0.2) is 0 Å². The summed E-state index contributed by atoms with van der Waals surface area (Å²) in [4.78, 5) is 11.2. The van der Waals surface area contributed by atoms with Crippen LogP contribution in [0.25, 0.3) is 0 Å². The van der Waals surface area contributed by atoms with Gasteiger partial charge in [-0.25, -0.2) is 0 Å². The third-order valence-electron chi connectivity index (χ3n) is 3.76. The molecule has 1 saturated carbocycles. The molecule has 3 rings (SSSR count). The van der Waals surface area contributed by atoms with Crippen LogP contribution in [0.5, 0.6) is 0 Å². The smallest absolute Gasteiger partial charge is 0.248 e.